The highest BCUT2D eigenvalue weighted by atomic mass is 79.9. The lowest BCUT2D eigenvalue weighted by molar-refractivity contribution is 0.0239. The van der Waals surface area contributed by atoms with Crippen molar-refractivity contribution < 1.29 is 14.6 Å². The van der Waals surface area contributed by atoms with Crippen molar-refractivity contribution in [1.29, 1.82) is 0 Å². The highest BCUT2D eigenvalue weighted by Gasteiger charge is 2.38. The smallest absolute Gasteiger partial charge is 0.410 e. The van der Waals surface area contributed by atoms with Gasteiger partial charge in [0, 0.05) is 28.9 Å². The van der Waals surface area contributed by atoms with Crippen LogP contribution in [0.2, 0.25) is 0 Å². The van der Waals surface area contributed by atoms with Crippen LogP contribution in [0.5, 0.6) is 0 Å². The summed E-state index contributed by atoms with van der Waals surface area (Å²) in [6.45, 7) is 6.09. The normalized spacial score (nSPS) is 24.9. The molecule has 0 bridgehead atoms. The van der Waals surface area contributed by atoms with Crippen LogP contribution in [-0.2, 0) is 4.74 Å². The van der Waals surface area contributed by atoms with Gasteiger partial charge in [-0.25, -0.2) is 4.79 Å². The standard InChI is InChI=1S/C11H16BrNO3/c1-10(2,3)16-9(14)13-7-5-11(15,8-13)4-6-12/h15H,5,7-8H2,1-3H3. The molecule has 0 aromatic heterocycles. The number of carbonyl (C=O) groups is 1. The van der Waals surface area contributed by atoms with Gasteiger partial charge in [-0.15, -0.1) is 0 Å². The van der Waals surface area contributed by atoms with Crippen molar-refractivity contribution in [2.45, 2.75) is 38.4 Å². The van der Waals surface area contributed by atoms with Gasteiger partial charge in [-0.05, 0) is 25.6 Å². The van der Waals surface area contributed by atoms with Crippen LogP contribution >= 0.6 is 15.9 Å². The van der Waals surface area contributed by atoms with Gasteiger partial charge in [0.05, 0.1) is 6.54 Å². The minimum atomic E-state index is -1.11. The number of carbonyl (C=O) groups excluding carboxylic acids is 1. The van der Waals surface area contributed by atoms with Crippen molar-refractivity contribution in [3.05, 3.63) is 0 Å². The van der Waals surface area contributed by atoms with E-state index in [1.54, 1.807) is 0 Å². The molecule has 1 N–H and O–H groups in total. The third-order valence-corrected chi connectivity index (χ3v) is 2.38. The Morgan fingerprint density at radius 3 is 2.69 bits per heavy atom. The first-order chi connectivity index (χ1) is 7.26. The Balaban J connectivity index is 2.59. The van der Waals surface area contributed by atoms with E-state index >= 15 is 0 Å². The predicted molar refractivity (Wildman–Crippen MR) is 64.1 cm³/mol. The van der Waals surface area contributed by atoms with Crippen LogP contribution < -0.4 is 0 Å². The molecule has 1 amide bonds. The molecule has 1 atom stereocenters. The van der Waals surface area contributed by atoms with Crippen LogP contribution in [0.3, 0.4) is 0 Å². The topological polar surface area (TPSA) is 49.8 Å². The van der Waals surface area contributed by atoms with Crippen molar-refractivity contribution in [3.63, 3.8) is 0 Å². The lowest BCUT2D eigenvalue weighted by Crippen LogP contribution is -2.38. The molecule has 0 radical (unpaired) electrons. The number of β-amino-alcohol motifs (C(OH)–C–C–N with tert-alkyl or cyclic N) is 1. The van der Waals surface area contributed by atoms with Gasteiger partial charge in [0.2, 0.25) is 0 Å². The molecule has 16 heavy (non-hydrogen) atoms. The lowest BCUT2D eigenvalue weighted by atomic mass is 10.1. The summed E-state index contributed by atoms with van der Waals surface area (Å²) in [5.41, 5.74) is -1.63. The molecule has 0 saturated carbocycles. The second-order valence-corrected chi connectivity index (χ2v) is 5.30. The summed E-state index contributed by atoms with van der Waals surface area (Å²) in [5.74, 6) is 2.64. The summed E-state index contributed by atoms with van der Waals surface area (Å²) in [7, 11) is 0. The Bertz CT molecular complexity index is 339. The van der Waals surface area contributed by atoms with E-state index in [4.69, 9.17) is 4.74 Å². The van der Waals surface area contributed by atoms with E-state index in [1.165, 1.54) is 4.90 Å². The third-order valence-electron chi connectivity index (χ3n) is 2.18. The highest BCUT2D eigenvalue weighted by molar-refractivity contribution is 9.12. The third kappa shape index (κ3) is 3.69. The molecule has 0 aromatic rings. The summed E-state index contributed by atoms with van der Waals surface area (Å²) < 4.78 is 5.21. The predicted octanol–water partition coefficient (Wildman–Crippen LogP) is 1.71. The Morgan fingerprint density at radius 1 is 1.56 bits per heavy atom. The lowest BCUT2D eigenvalue weighted by Gasteiger charge is -2.24. The quantitative estimate of drug-likeness (QED) is 0.691. The molecule has 0 aromatic carbocycles. The Kier molecular flexibility index (Phi) is 3.87. The van der Waals surface area contributed by atoms with E-state index in [0.717, 1.165) is 0 Å². The van der Waals surface area contributed by atoms with Gasteiger partial charge in [0.25, 0.3) is 0 Å². The van der Waals surface area contributed by atoms with Crippen molar-refractivity contribution in [1.82, 2.24) is 4.90 Å². The number of hydrogen-bond donors (Lipinski definition) is 1. The summed E-state index contributed by atoms with van der Waals surface area (Å²) in [5, 5.41) is 9.96. The number of amides is 1. The number of aliphatic hydroxyl groups is 1. The van der Waals surface area contributed by atoms with E-state index in [0.29, 0.717) is 13.0 Å². The molecule has 1 aliphatic rings. The summed E-state index contributed by atoms with van der Waals surface area (Å²) in [6, 6.07) is 0. The van der Waals surface area contributed by atoms with Gasteiger partial charge >= 0.3 is 6.09 Å². The largest absolute Gasteiger partial charge is 0.444 e. The molecule has 1 unspecified atom stereocenters. The van der Waals surface area contributed by atoms with Crippen molar-refractivity contribution in [2.24, 2.45) is 0 Å². The van der Waals surface area contributed by atoms with Crippen LogP contribution in [0, 0.1) is 10.8 Å². The van der Waals surface area contributed by atoms with Gasteiger partial charge in [-0.3, -0.25) is 0 Å². The average molecular weight is 290 g/mol. The Hall–Kier alpha value is -0.730. The monoisotopic (exact) mass is 289 g/mol. The molecule has 5 heteroatoms. The molecular formula is C11H16BrNO3. The fourth-order valence-corrected chi connectivity index (χ4v) is 1.84. The van der Waals surface area contributed by atoms with E-state index in [9.17, 15) is 9.90 Å². The zero-order valence-corrected chi connectivity index (χ0v) is 11.3. The van der Waals surface area contributed by atoms with Crippen molar-refractivity contribution in [2.75, 3.05) is 13.1 Å². The van der Waals surface area contributed by atoms with Gasteiger partial charge in [0.1, 0.15) is 11.2 Å². The first-order valence-corrected chi connectivity index (χ1v) is 5.88. The Labute approximate surface area is 104 Å². The number of likely N-dealkylation sites (tertiary alicyclic amines) is 1. The first-order valence-electron chi connectivity index (χ1n) is 5.09. The molecule has 1 fully saturated rings. The van der Waals surface area contributed by atoms with Crippen molar-refractivity contribution >= 4 is 22.0 Å². The first kappa shape index (κ1) is 13.3. The molecule has 1 rings (SSSR count). The Morgan fingerprint density at radius 2 is 2.19 bits per heavy atom. The van der Waals surface area contributed by atoms with Gasteiger partial charge in [-0.1, -0.05) is 5.92 Å². The number of halogens is 1. The maximum Gasteiger partial charge on any atom is 0.410 e. The molecule has 1 aliphatic heterocycles. The van der Waals surface area contributed by atoms with Crippen LogP contribution in [0.25, 0.3) is 0 Å². The van der Waals surface area contributed by atoms with Crippen molar-refractivity contribution in [3.8, 4) is 10.8 Å². The molecular weight excluding hydrogens is 274 g/mol. The number of ether oxygens (including phenoxy) is 1. The zero-order chi connectivity index (χ0) is 12.4. The van der Waals surface area contributed by atoms with Gasteiger partial charge < -0.3 is 14.7 Å². The second kappa shape index (κ2) is 4.64. The maximum absolute atomic E-state index is 11.7. The number of rotatable bonds is 0. The fourth-order valence-electron chi connectivity index (χ4n) is 1.47. The van der Waals surface area contributed by atoms with Crippen LogP contribution in [0.4, 0.5) is 4.79 Å². The second-order valence-electron chi connectivity index (χ2n) is 4.90. The van der Waals surface area contributed by atoms with Crippen LogP contribution in [0.1, 0.15) is 27.2 Å². The minimum Gasteiger partial charge on any atom is -0.444 e. The van der Waals surface area contributed by atoms with E-state index < -0.39 is 17.3 Å². The fraction of sp³-hybridized carbons (Fsp3) is 0.727. The van der Waals surface area contributed by atoms with Crippen LogP contribution in [-0.4, -0.2) is 40.4 Å². The van der Waals surface area contributed by atoms with E-state index in [2.05, 4.69) is 26.7 Å². The average Bonchev–Trinajstić information content (AvgIpc) is 2.45. The highest BCUT2D eigenvalue weighted by Crippen LogP contribution is 2.22. The molecule has 0 spiro atoms. The number of nitrogens with zero attached hydrogens (tertiary/aromatic N) is 1. The van der Waals surface area contributed by atoms with E-state index in [1.807, 2.05) is 20.8 Å². The summed E-state index contributed by atoms with van der Waals surface area (Å²) in [4.78, 5) is 15.7. The van der Waals surface area contributed by atoms with Crippen LogP contribution in [0.15, 0.2) is 0 Å². The number of hydrogen-bond acceptors (Lipinski definition) is 3. The molecule has 1 heterocycles. The van der Waals surface area contributed by atoms with Gasteiger partial charge in [0.15, 0.2) is 0 Å². The SMILES string of the molecule is CC(C)(C)OC(=O)N1CCC(O)(C#CBr)C1. The zero-order valence-electron chi connectivity index (χ0n) is 9.71. The van der Waals surface area contributed by atoms with Gasteiger partial charge in [-0.2, -0.15) is 0 Å². The van der Waals surface area contributed by atoms with E-state index in [-0.39, 0.29) is 6.54 Å². The molecule has 90 valence electrons. The maximum atomic E-state index is 11.7. The molecule has 0 aliphatic carbocycles. The molecule has 1 saturated heterocycles. The molecule has 4 nitrogen and oxygen atoms in total. The summed E-state index contributed by atoms with van der Waals surface area (Å²) in [6.07, 6.45) is 0.0463. The minimum absolute atomic E-state index is 0.195. The summed E-state index contributed by atoms with van der Waals surface area (Å²) >= 11 is 2.94.